The number of benzene rings is 2. The van der Waals surface area contributed by atoms with Crippen LogP contribution in [0.15, 0.2) is 45.4 Å². The summed E-state index contributed by atoms with van der Waals surface area (Å²) in [6.07, 6.45) is 1.59. The lowest BCUT2D eigenvalue weighted by atomic mass is 10.0. The summed E-state index contributed by atoms with van der Waals surface area (Å²) < 4.78 is 39.8. The molecule has 0 aliphatic carbocycles. The lowest BCUT2D eigenvalue weighted by molar-refractivity contribution is 0.327. The highest BCUT2D eigenvalue weighted by molar-refractivity contribution is 6.22. The zero-order valence-corrected chi connectivity index (χ0v) is 18.3. The molecule has 32 heavy (non-hydrogen) atoms. The van der Waals surface area contributed by atoms with Crippen molar-refractivity contribution in [3.05, 3.63) is 36.6 Å². The average Bonchev–Trinajstić information content (AvgIpc) is 3.48. The Hall–Kier alpha value is -4.07. The molecule has 2 aromatic carbocycles. The summed E-state index contributed by atoms with van der Waals surface area (Å²) in [6, 6.07) is 9.18. The van der Waals surface area contributed by atoms with Crippen molar-refractivity contribution in [2.75, 3.05) is 35.5 Å². The molecule has 0 aliphatic rings. The maximum absolute atomic E-state index is 6.14. The molecule has 0 spiro atoms. The summed E-state index contributed by atoms with van der Waals surface area (Å²) in [5.41, 5.74) is 1.61. The summed E-state index contributed by atoms with van der Waals surface area (Å²) in [5.74, 6) is 3.17. The molecule has 0 unspecified atom stereocenters. The van der Waals surface area contributed by atoms with Gasteiger partial charge in [0.25, 0.3) is 0 Å². The Morgan fingerprint density at radius 2 is 1.41 bits per heavy atom. The normalized spacial score (nSPS) is 11.3. The predicted octanol–water partition coefficient (Wildman–Crippen LogP) is 5.44. The quantitative estimate of drug-likeness (QED) is 0.349. The van der Waals surface area contributed by atoms with Crippen molar-refractivity contribution < 1.29 is 32.5 Å². The maximum atomic E-state index is 6.14. The summed E-state index contributed by atoms with van der Waals surface area (Å²) in [7, 11) is 7.89. The minimum atomic E-state index is 0.434. The Kier molecular flexibility index (Phi) is 4.70. The number of ether oxygens (including phenoxy) is 5. The van der Waals surface area contributed by atoms with E-state index >= 15 is 0 Å². The van der Waals surface area contributed by atoms with Gasteiger partial charge in [0, 0.05) is 16.8 Å². The second-order valence-electron chi connectivity index (χ2n) is 6.99. The molecule has 5 aromatic rings. The largest absolute Gasteiger partial charge is 0.493 e. The molecule has 164 valence electrons. The molecule has 0 radical (unpaired) electrons. The van der Waals surface area contributed by atoms with Crippen molar-refractivity contribution in [3.8, 4) is 40.2 Å². The molecular weight excluding hydrogens is 414 g/mol. The second kappa shape index (κ2) is 7.56. The van der Waals surface area contributed by atoms with E-state index in [1.807, 2.05) is 18.2 Å². The average molecular weight is 435 g/mol. The Balaban J connectivity index is 2.04. The van der Waals surface area contributed by atoms with Crippen LogP contribution in [-0.4, -0.2) is 40.5 Å². The Labute approximate surface area is 183 Å². The number of hydrogen-bond acceptors (Lipinski definition) is 8. The minimum absolute atomic E-state index is 0.434. The van der Waals surface area contributed by atoms with E-state index in [9.17, 15) is 0 Å². The maximum Gasteiger partial charge on any atom is 0.228 e. The Morgan fingerprint density at radius 3 is 2.03 bits per heavy atom. The van der Waals surface area contributed by atoms with Crippen molar-refractivity contribution >= 4 is 32.8 Å². The number of methoxy groups -OCH3 is 5. The molecule has 0 N–H and O–H groups in total. The van der Waals surface area contributed by atoms with Gasteiger partial charge in [0.15, 0.2) is 28.8 Å². The van der Waals surface area contributed by atoms with Gasteiger partial charge in [-0.15, -0.1) is 0 Å². The van der Waals surface area contributed by atoms with Crippen molar-refractivity contribution in [2.24, 2.45) is 0 Å². The molecule has 5 rings (SSSR count). The number of pyridine rings is 1. The van der Waals surface area contributed by atoms with E-state index in [1.165, 1.54) is 0 Å². The highest BCUT2D eigenvalue weighted by Gasteiger charge is 2.26. The first-order valence-electron chi connectivity index (χ1n) is 9.79. The first-order chi connectivity index (χ1) is 15.6. The molecule has 0 saturated heterocycles. The molecular formula is C24H21NO7. The van der Waals surface area contributed by atoms with Gasteiger partial charge in [0.1, 0.15) is 11.3 Å². The molecule has 0 fully saturated rings. The fraction of sp³-hybridized carbons (Fsp3) is 0.208. The van der Waals surface area contributed by atoms with E-state index in [1.54, 1.807) is 53.9 Å². The van der Waals surface area contributed by atoms with Gasteiger partial charge in [0.05, 0.1) is 52.6 Å². The van der Waals surface area contributed by atoms with Crippen LogP contribution < -0.4 is 23.7 Å². The van der Waals surface area contributed by atoms with Crippen molar-refractivity contribution in [1.29, 1.82) is 0 Å². The number of rotatable bonds is 6. The first kappa shape index (κ1) is 19.9. The van der Waals surface area contributed by atoms with E-state index in [2.05, 4.69) is 0 Å². The molecule has 8 heteroatoms. The van der Waals surface area contributed by atoms with Crippen LogP contribution in [0.2, 0.25) is 0 Å². The summed E-state index contributed by atoms with van der Waals surface area (Å²) in [4.78, 5) is 4.82. The van der Waals surface area contributed by atoms with Crippen LogP contribution in [-0.2, 0) is 0 Å². The van der Waals surface area contributed by atoms with Crippen LogP contribution in [0.1, 0.15) is 0 Å². The van der Waals surface area contributed by atoms with E-state index in [4.69, 9.17) is 37.5 Å². The minimum Gasteiger partial charge on any atom is -0.493 e. The molecule has 0 aliphatic heterocycles. The predicted molar refractivity (Wildman–Crippen MR) is 119 cm³/mol. The van der Waals surface area contributed by atoms with Gasteiger partial charge in [-0.3, -0.25) is 0 Å². The molecule has 8 nitrogen and oxygen atoms in total. The van der Waals surface area contributed by atoms with Gasteiger partial charge < -0.3 is 32.5 Å². The van der Waals surface area contributed by atoms with Gasteiger partial charge in [-0.25, -0.2) is 4.98 Å². The van der Waals surface area contributed by atoms with Gasteiger partial charge in [-0.1, -0.05) is 0 Å². The molecule has 0 amide bonds. The zero-order chi connectivity index (χ0) is 22.4. The van der Waals surface area contributed by atoms with Crippen LogP contribution in [0.25, 0.3) is 44.3 Å². The van der Waals surface area contributed by atoms with Crippen LogP contribution in [0.5, 0.6) is 28.7 Å². The van der Waals surface area contributed by atoms with Crippen LogP contribution in [0.4, 0.5) is 0 Å². The molecule has 0 atom stereocenters. The zero-order valence-electron chi connectivity index (χ0n) is 18.3. The summed E-state index contributed by atoms with van der Waals surface area (Å²) in [6.45, 7) is 0. The van der Waals surface area contributed by atoms with E-state index in [-0.39, 0.29) is 0 Å². The highest BCUT2D eigenvalue weighted by Crippen LogP contribution is 2.50. The van der Waals surface area contributed by atoms with Gasteiger partial charge in [0.2, 0.25) is 11.5 Å². The molecule has 0 saturated carbocycles. The van der Waals surface area contributed by atoms with Crippen molar-refractivity contribution in [3.63, 3.8) is 0 Å². The topological polar surface area (TPSA) is 85.3 Å². The SMILES string of the molecule is COc1cc2oc3nc(-c4ccco4)c4c(OC)c(OC)c(OC)cc4c3c2cc1OC. The van der Waals surface area contributed by atoms with Crippen LogP contribution >= 0.6 is 0 Å². The number of fused-ring (bicyclic) bond motifs is 5. The third kappa shape index (κ3) is 2.72. The molecule has 0 bridgehead atoms. The first-order valence-corrected chi connectivity index (χ1v) is 9.79. The van der Waals surface area contributed by atoms with Crippen LogP contribution in [0, 0.1) is 0 Å². The van der Waals surface area contributed by atoms with Gasteiger partial charge in [-0.05, 0) is 24.3 Å². The number of nitrogens with zero attached hydrogens (tertiary/aromatic N) is 1. The summed E-state index contributed by atoms with van der Waals surface area (Å²) in [5, 5.41) is 3.12. The number of furan rings is 2. The second-order valence-corrected chi connectivity index (χ2v) is 6.99. The van der Waals surface area contributed by atoms with Crippen molar-refractivity contribution in [2.45, 2.75) is 0 Å². The van der Waals surface area contributed by atoms with Gasteiger partial charge in [-0.2, -0.15) is 0 Å². The standard InChI is InChI=1S/C24H21NO7/c1-26-16-9-12-15(11-17(16)27-2)32-24-19(12)13-10-18(28-3)22(29-4)23(30-5)20(13)21(25-24)14-7-6-8-31-14/h6-11H,1-5H3. The lowest BCUT2D eigenvalue weighted by Crippen LogP contribution is -1.98. The third-order valence-electron chi connectivity index (χ3n) is 5.48. The van der Waals surface area contributed by atoms with E-state index in [0.29, 0.717) is 56.9 Å². The van der Waals surface area contributed by atoms with E-state index < -0.39 is 0 Å². The summed E-state index contributed by atoms with van der Waals surface area (Å²) >= 11 is 0. The van der Waals surface area contributed by atoms with Crippen LogP contribution in [0.3, 0.4) is 0 Å². The van der Waals surface area contributed by atoms with E-state index in [0.717, 1.165) is 16.2 Å². The van der Waals surface area contributed by atoms with Gasteiger partial charge >= 0.3 is 0 Å². The Morgan fingerprint density at radius 1 is 0.719 bits per heavy atom. The molecule has 3 aromatic heterocycles. The van der Waals surface area contributed by atoms with Crippen molar-refractivity contribution in [1.82, 2.24) is 4.98 Å². The Bertz CT molecular complexity index is 1450. The fourth-order valence-electron chi connectivity index (χ4n) is 4.09. The third-order valence-corrected chi connectivity index (χ3v) is 5.48. The number of aromatic nitrogens is 1. The fourth-order valence-corrected chi connectivity index (χ4v) is 4.09. The lowest BCUT2D eigenvalue weighted by Gasteiger charge is -2.16. The smallest absolute Gasteiger partial charge is 0.228 e. The monoisotopic (exact) mass is 435 g/mol. The molecule has 3 heterocycles. The number of hydrogen-bond donors (Lipinski definition) is 0. The highest BCUT2D eigenvalue weighted by atomic mass is 16.5.